The zero-order chi connectivity index (χ0) is 13.7. The molecule has 0 bridgehead atoms. The number of aromatic nitrogens is 2. The quantitative estimate of drug-likeness (QED) is 0.888. The van der Waals surface area contributed by atoms with Crippen LogP contribution in [0.15, 0.2) is 35.2 Å². The van der Waals surface area contributed by atoms with Crippen molar-refractivity contribution in [3.05, 3.63) is 46.5 Å². The van der Waals surface area contributed by atoms with Gasteiger partial charge < -0.3 is 14.6 Å². The molecule has 0 spiro atoms. The van der Waals surface area contributed by atoms with E-state index in [4.69, 9.17) is 4.74 Å². The van der Waals surface area contributed by atoms with Crippen LogP contribution in [-0.2, 0) is 13.1 Å². The van der Waals surface area contributed by atoms with E-state index < -0.39 is 0 Å². The zero-order valence-electron chi connectivity index (χ0n) is 11.2. The topological polar surface area (TPSA) is 39.1 Å². The Morgan fingerprint density at radius 3 is 3.00 bits per heavy atom. The standard InChI is InChI=1S/C14H18BrN3O/c1-3-16-7-12-9-18(10-17-12)8-11-6-13(19-2)4-5-14(11)15/h4-6,9-10,16H,3,7-8H2,1-2H3. The average molecular weight is 324 g/mol. The molecule has 1 aromatic carbocycles. The molecule has 0 unspecified atom stereocenters. The van der Waals surface area contributed by atoms with Gasteiger partial charge in [0.15, 0.2) is 0 Å². The number of methoxy groups -OCH3 is 1. The van der Waals surface area contributed by atoms with Gasteiger partial charge in [0.05, 0.1) is 19.1 Å². The van der Waals surface area contributed by atoms with Crippen molar-refractivity contribution >= 4 is 15.9 Å². The summed E-state index contributed by atoms with van der Waals surface area (Å²) in [6.45, 7) is 4.62. The average Bonchev–Trinajstić information content (AvgIpc) is 2.86. The van der Waals surface area contributed by atoms with E-state index in [2.05, 4.69) is 43.9 Å². The predicted octanol–water partition coefficient (Wildman–Crippen LogP) is 2.81. The van der Waals surface area contributed by atoms with Crippen molar-refractivity contribution in [3.8, 4) is 5.75 Å². The number of hydrogen-bond acceptors (Lipinski definition) is 3. The first kappa shape index (κ1) is 14.1. The van der Waals surface area contributed by atoms with E-state index in [1.807, 2.05) is 24.5 Å². The Morgan fingerprint density at radius 2 is 2.26 bits per heavy atom. The van der Waals surface area contributed by atoms with Crippen LogP contribution in [0.5, 0.6) is 5.75 Å². The molecule has 0 radical (unpaired) electrons. The molecule has 102 valence electrons. The Hall–Kier alpha value is -1.33. The molecule has 2 rings (SSSR count). The van der Waals surface area contributed by atoms with Crippen LogP contribution in [-0.4, -0.2) is 23.2 Å². The minimum Gasteiger partial charge on any atom is -0.497 e. The maximum absolute atomic E-state index is 5.25. The van der Waals surface area contributed by atoms with Crippen LogP contribution in [0.25, 0.3) is 0 Å². The van der Waals surface area contributed by atoms with Gasteiger partial charge in [0.25, 0.3) is 0 Å². The minimum atomic E-state index is 0.775. The smallest absolute Gasteiger partial charge is 0.119 e. The monoisotopic (exact) mass is 323 g/mol. The molecule has 1 heterocycles. The number of benzene rings is 1. The van der Waals surface area contributed by atoms with E-state index in [1.54, 1.807) is 7.11 Å². The van der Waals surface area contributed by atoms with Crippen LogP contribution >= 0.6 is 15.9 Å². The summed E-state index contributed by atoms with van der Waals surface area (Å²) < 4.78 is 8.40. The molecular weight excluding hydrogens is 306 g/mol. The summed E-state index contributed by atoms with van der Waals surface area (Å²) in [4.78, 5) is 4.38. The van der Waals surface area contributed by atoms with Crippen molar-refractivity contribution in [2.75, 3.05) is 13.7 Å². The van der Waals surface area contributed by atoms with Crippen LogP contribution in [0.4, 0.5) is 0 Å². The molecule has 1 N–H and O–H groups in total. The molecule has 0 aliphatic heterocycles. The van der Waals surface area contributed by atoms with Gasteiger partial charge in [-0.2, -0.15) is 0 Å². The number of rotatable bonds is 6. The lowest BCUT2D eigenvalue weighted by molar-refractivity contribution is 0.414. The fraction of sp³-hybridized carbons (Fsp3) is 0.357. The molecule has 2 aromatic rings. The zero-order valence-corrected chi connectivity index (χ0v) is 12.8. The first-order chi connectivity index (χ1) is 9.22. The summed E-state index contributed by atoms with van der Waals surface area (Å²) in [5.74, 6) is 0.867. The highest BCUT2D eigenvalue weighted by Crippen LogP contribution is 2.23. The van der Waals surface area contributed by atoms with Gasteiger partial charge in [-0.3, -0.25) is 0 Å². The normalized spacial score (nSPS) is 10.7. The Balaban J connectivity index is 2.10. The van der Waals surface area contributed by atoms with Gasteiger partial charge in [0, 0.05) is 23.8 Å². The summed E-state index contributed by atoms with van der Waals surface area (Å²) in [7, 11) is 1.68. The fourth-order valence-electron chi connectivity index (χ4n) is 1.83. The molecule has 0 fully saturated rings. The summed E-state index contributed by atoms with van der Waals surface area (Å²) in [6, 6.07) is 5.98. The molecule has 1 aromatic heterocycles. The highest BCUT2D eigenvalue weighted by atomic mass is 79.9. The van der Waals surface area contributed by atoms with Crippen molar-refractivity contribution in [1.82, 2.24) is 14.9 Å². The predicted molar refractivity (Wildman–Crippen MR) is 79.4 cm³/mol. The summed E-state index contributed by atoms with van der Waals surface area (Å²) in [6.07, 6.45) is 3.92. The molecular formula is C14H18BrN3O. The fourth-order valence-corrected chi connectivity index (χ4v) is 2.21. The summed E-state index contributed by atoms with van der Waals surface area (Å²) in [5, 5.41) is 3.27. The van der Waals surface area contributed by atoms with Gasteiger partial charge in [-0.25, -0.2) is 4.98 Å². The molecule has 4 nitrogen and oxygen atoms in total. The number of ether oxygens (including phenoxy) is 1. The van der Waals surface area contributed by atoms with Gasteiger partial charge in [-0.1, -0.05) is 22.9 Å². The third-order valence-corrected chi connectivity index (χ3v) is 3.62. The van der Waals surface area contributed by atoms with E-state index in [0.717, 1.165) is 35.6 Å². The van der Waals surface area contributed by atoms with Gasteiger partial charge in [-0.15, -0.1) is 0 Å². The summed E-state index contributed by atoms with van der Waals surface area (Å²) in [5.41, 5.74) is 2.23. The molecule has 0 saturated heterocycles. The van der Waals surface area contributed by atoms with E-state index in [9.17, 15) is 0 Å². The van der Waals surface area contributed by atoms with Crippen LogP contribution < -0.4 is 10.1 Å². The molecule has 0 saturated carbocycles. The third-order valence-electron chi connectivity index (χ3n) is 2.85. The van der Waals surface area contributed by atoms with Crippen molar-refractivity contribution in [2.24, 2.45) is 0 Å². The van der Waals surface area contributed by atoms with Crippen LogP contribution in [0.1, 0.15) is 18.2 Å². The number of nitrogens with one attached hydrogen (secondary N) is 1. The molecule has 19 heavy (non-hydrogen) atoms. The lowest BCUT2D eigenvalue weighted by Gasteiger charge is -2.08. The van der Waals surface area contributed by atoms with Crippen LogP contribution in [0.3, 0.4) is 0 Å². The lowest BCUT2D eigenvalue weighted by atomic mass is 10.2. The second-order valence-electron chi connectivity index (χ2n) is 4.28. The van der Waals surface area contributed by atoms with E-state index in [-0.39, 0.29) is 0 Å². The first-order valence-electron chi connectivity index (χ1n) is 6.26. The van der Waals surface area contributed by atoms with Crippen molar-refractivity contribution in [2.45, 2.75) is 20.0 Å². The SMILES string of the molecule is CCNCc1cn(Cc2cc(OC)ccc2Br)cn1. The highest BCUT2D eigenvalue weighted by molar-refractivity contribution is 9.10. The highest BCUT2D eigenvalue weighted by Gasteiger charge is 2.04. The number of halogens is 1. The van der Waals surface area contributed by atoms with E-state index in [0.29, 0.717) is 0 Å². The van der Waals surface area contributed by atoms with Crippen molar-refractivity contribution in [3.63, 3.8) is 0 Å². The van der Waals surface area contributed by atoms with Gasteiger partial charge in [0.1, 0.15) is 5.75 Å². The van der Waals surface area contributed by atoms with E-state index >= 15 is 0 Å². The number of imidazole rings is 1. The molecule has 0 aliphatic carbocycles. The Kier molecular flexibility index (Phi) is 4.99. The van der Waals surface area contributed by atoms with Crippen LogP contribution in [0, 0.1) is 0 Å². The number of nitrogens with zero attached hydrogens (tertiary/aromatic N) is 2. The lowest BCUT2D eigenvalue weighted by Crippen LogP contribution is -2.11. The summed E-state index contributed by atoms with van der Waals surface area (Å²) >= 11 is 3.56. The van der Waals surface area contributed by atoms with Crippen molar-refractivity contribution in [1.29, 1.82) is 0 Å². The Morgan fingerprint density at radius 1 is 1.42 bits per heavy atom. The molecule has 0 atom stereocenters. The van der Waals surface area contributed by atoms with Crippen LogP contribution in [0.2, 0.25) is 0 Å². The molecule has 5 heteroatoms. The maximum Gasteiger partial charge on any atom is 0.119 e. The van der Waals surface area contributed by atoms with Gasteiger partial charge >= 0.3 is 0 Å². The third kappa shape index (κ3) is 3.81. The van der Waals surface area contributed by atoms with Crippen molar-refractivity contribution < 1.29 is 4.74 Å². The minimum absolute atomic E-state index is 0.775. The maximum atomic E-state index is 5.25. The largest absolute Gasteiger partial charge is 0.497 e. The first-order valence-corrected chi connectivity index (χ1v) is 7.06. The molecule has 0 amide bonds. The molecule has 0 aliphatic rings. The van der Waals surface area contributed by atoms with Gasteiger partial charge in [0.2, 0.25) is 0 Å². The second kappa shape index (κ2) is 6.73. The number of hydrogen-bond donors (Lipinski definition) is 1. The Bertz CT molecular complexity index is 539. The van der Waals surface area contributed by atoms with E-state index in [1.165, 1.54) is 5.56 Å². The Labute approximate surface area is 121 Å². The van der Waals surface area contributed by atoms with Gasteiger partial charge in [-0.05, 0) is 30.3 Å². The second-order valence-corrected chi connectivity index (χ2v) is 5.13.